The number of carbonyl (C=O) groups excluding carboxylic acids is 2. The quantitative estimate of drug-likeness (QED) is 0.651. The van der Waals surface area contributed by atoms with Crippen LogP contribution in [0, 0.1) is 5.92 Å². The molecule has 1 heterocycles. The summed E-state index contributed by atoms with van der Waals surface area (Å²) in [5.41, 5.74) is 0.843. The van der Waals surface area contributed by atoms with Gasteiger partial charge in [0.15, 0.2) is 17.3 Å². The summed E-state index contributed by atoms with van der Waals surface area (Å²) < 4.78 is 0. The third-order valence-electron chi connectivity index (χ3n) is 2.60. The molecule has 1 aliphatic carbocycles. The van der Waals surface area contributed by atoms with Gasteiger partial charge < -0.3 is 10.6 Å². The normalized spacial score (nSPS) is 12.8. The van der Waals surface area contributed by atoms with Crippen molar-refractivity contribution in [1.29, 1.82) is 0 Å². The number of allylic oxidation sites excluding steroid dienone is 1. The fourth-order valence-electron chi connectivity index (χ4n) is 1.48. The van der Waals surface area contributed by atoms with Gasteiger partial charge in [-0.05, 0) is 19.8 Å². The zero-order chi connectivity index (χ0) is 15.1. The molecule has 6 heteroatoms. The largest absolute Gasteiger partial charge is 0.386 e. The Morgan fingerprint density at radius 2 is 2.00 bits per heavy atom. The molecule has 1 aromatic heterocycles. The summed E-state index contributed by atoms with van der Waals surface area (Å²) in [6.07, 6.45) is 3.62. The maximum Gasteiger partial charge on any atom is 0.228 e. The highest BCUT2D eigenvalue weighted by Crippen LogP contribution is 2.30. The van der Waals surface area contributed by atoms with Crippen molar-refractivity contribution in [3.63, 3.8) is 0 Å². The van der Waals surface area contributed by atoms with E-state index in [9.17, 15) is 9.59 Å². The first kappa shape index (κ1) is 15.8. The number of anilines is 2. The molecule has 2 rings (SSSR count). The van der Waals surface area contributed by atoms with Gasteiger partial charge in [0.1, 0.15) is 0 Å². The average molecular weight is 276 g/mol. The van der Waals surface area contributed by atoms with Crippen LogP contribution in [0.25, 0.3) is 0 Å². The molecule has 0 saturated heterocycles. The van der Waals surface area contributed by atoms with Gasteiger partial charge in [-0.15, -0.1) is 16.8 Å². The topological polar surface area (TPSA) is 84.0 Å². The van der Waals surface area contributed by atoms with E-state index in [0.29, 0.717) is 11.5 Å². The van der Waals surface area contributed by atoms with Crippen molar-refractivity contribution in [3.8, 4) is 0 Å². The lowest BCUT2D eigenvalue weighted by atomic mass is 10.2. The van der Waals surface area contributed by atoms with Crippen LogP contribution in [0.3, 0.4) is 0 Å². The van der Waals surface area contributed by atoms with E-state index in [1.54, 1.807) is 19.2 Å². The zero-order valence-corrected chi connectivity index (χ0v) is 12.1. The van der Waals surface area contributed by atoms with Gasteiger partial charge in [0, 0.05) is 26.0 Å². The Morgan fingerprint density at radius 3 is 2.45 bits per heavy atom. The van der Waals surface area contributed by atoms with Gasteiger partial charge in [-0.3, -0.25) is 9.59 Å². The van der Waals surface area contributed by atoms with Crippen LogP contribution in [-0.2, 0) is 4.79 Å². The molecular formula is C14H20N4O2. The van der Waals surface area contributed by atoms with Gasteiger partial charge in [-0.25, -0.2) is 0 Å². The summed E-state index contributed by atoms with van der Waals surface area (Å²) in [7, 11) is 1.69. The number of nitrogens with one attached hydrogen (secondary N) is 2. The van der Waals surface area contributed by atoms with Crippen molar-refractivity contribution in [2.75, 3.05) is 17.7 Å². The smallest absolute Gasteiger partial charge is 0.228 e. The fourth-order valence-corrected chi connectivity index (χ4v) is 1.48. The number of ketones is 1. The molecule has 1 aliphatic rings. The molecule has 1 amide bonds. The maximum atomic E-state index is 11.5. The number of Topliss-reactive ketones (excluding diaryl/α,β-unsaturated/α-hetero) is 1. The molecule has 1 saturated carbocycles. The number of hydrogen-bond acceptors (Lipinski definition) is 5. The third kappa shape index (κ3) is 4.46. The van der Waals surface area contributed by atoms with E-state index in [2.05, 4.69) is 27.4 Å². The first-order valence-corrected chi connectivity index (χ1v) is 6.47. The minimum atomic E-state index is -0.165. The second-order valence-electron chi connectivity index (χ2n) is 4.47. The molecule has 1 fully saturated rings. The highest BCUT2D eigenvalue weighted by atomic mass is 16.2. The molecule has 1 aromatic rings. The summed E-state index contributed by atoms with van der Waals surface area (Å²) >= 11 is 0. The van der Waals surface area contributed by atoms with E-state index in [0.717, 1.165) is 12.8 Å². The van der Waals surface area contributed by atoms with Crippen molar-refractivity contribution < 1.29 is 9.59 Å². The zero-order valence-electron chi connectivity index (χ0n) is 12.1. The van der Waals surface area contributed by atoms with Crippen LogP contribution in [-0.4, -0.2) is 28.9 Å². The van der Waals surface area contributed by atoms with Crippen molar-refractivity contribution in [1.82, 2.24) is 10.2 Å². The van der Waals surface area contributed by atoms with Crippen molar-refractivity contribution >= 4 is 23.2 Å². The van der Waals surface area contributed by atoms with E-state index in [1.807, 2.05) is 6.92 Å². The molecule has 0 spiro atoms. The van der Waals surface area contributed by atoms with Gasteiger partial charge in [0.25, 0.3) is 0 Å². The van der Waals surface area contributed by atoms with Crippen LogP contribution in [0.2, 0.25) is 0 Å². The monoisotopic (exact) mass is 276 g/mol. The van der Waals surface area contributed by atoms with Gasteiger partial charge in [-0.2, -0.15) is 0 Å². The molecule has 20 heavy (non-hydrogen) atoms. The molecule has 0 aromatic carbocycles. The molecule has 0 atom stereocenters. The molecule has 0 bridgehead atoms. The van der Waals surface area contributed by atoms with E-state index in [4.69, 9.17) is 0 Å². The van der Waals surface area contributed by atoms with E-state index >= 15 is 0 Å². The van der Waals surface area contributed by atoms with Gasteiger partial charge in [-0.1, -0.05) is 6.08 Å². The SMILES string of the molecule is C=CC.CNc1cc(NC(=O)C2CC2)nnc1C(C)=O. The molecular weight excluding hydrogens is 256 g/mol. The Kier molecular flexibility index (Phi) is 5.83. The Morgan fingerprint density at radius 1 is 1.40 bits per heavy atom. The number of carbonyl (C=O) groups is 2. The molecule has 108 valence electrons. The van der Waals surface area contributed by atoms with Crippen LogP contribution in [0.15, 0.2) is 18.7 Å². The lowest BCUT2D eigenvalue weighted by Crippen LogP contribution is -2.16. The van der Waals surface area contributed by atoms with E-state index in [1.165, 1.54) is 6.92 Å². The number of amides is 1. The average Bonchev–Trinajstić information content (AvgIpc) is 3.23. The summed E-state index contributed by atoms with van der Waals surface area (Å²) in [4.78, 5) is 22.8. The second kappa shape index (κ2) is 7.37. The standard InChI is InChI=1S/C11H14N4O2.C3H6/c1-6(16)10-8(12-2)5-9(14-15-10)13-11(17)7-3-4-7;1-3-2/h5,7H,3-4H2,1-2H3,(H2,12,13,14,17);3H,1H2,2H3. The van der Waals surface area contributed by atoms with E-state index in [-0.39, 0.29) is 23.3 Å². The molecule has 2 N–H and O–H groups in total. The van der Waals surface area contributed by atoms with Gasteiger partial charge >= 0.3 is 0 Å². The van der Waals surface area contributed by atoms with Crippen molar-refractivity contribution in [2.24, 2.45) is 5.92 Å². The molecule has 0 aliphatic heterocycles. The molecule has 0 radical (unpaired) electrons. The second-order valence-corrected chi connectivity index (χ2v) is 4.47. The predicted octanol–water partition coefficient (Wildman–Crippen LogP) is 2.26. The number of aromatic nitrogens is 2. The maximum absolute atomic E-state index is 11.5. The lowest BCUT2D eigenvalue weighted by molar-refractivity contribution is -0.117. The Bertz CT molecular complexity index is 510. The molecule has 0 unspecified atom stereocenters. The summed E-state index contributed by atoms with van der Waals surface area (Å²) in [6.45, 7) is 6.67. The number of rotatable bonds is 4. The number of nitrogens with zero attached hydrogens (tertiary/aromatic N) is 2. The first-order chi connectivity index (χ1) is 9.53. The lowest BCUT2D eigenvalue weighted by Gasteiger charge is -2.07. The van der Waals surface area contributed by atoms with E-state index < -0.39 is 0 Å². The van der Waals surface area contributed by atoms with Crippen LogP contribution in [0.1, 0.15) is 37.2 Å². The van der Waals surface area contributed by atoms with Crippen LogP contribution >= 0.6 is 0 Å². The minimum Gasteiger partial charge on any atom is -0.386 e. The number of hydrogen-bond donors (Lipinski definition) is 2. The van der Waals surface area contributed by atoms with Crippen LogP contribution in [0.5, 0.6) is 0 Å². The Balaban J connectivity index is 0.000000612. The summed E-state index contributed by atoms with van der Waals surface area (Å²) in [5.74, 6) is 0.289. The summed E-state index contributed by atoms with van der Waals surface area (Å²) in [5, 5.41) is 13.2. The van der Waals surface area contributed by atoms with Gasteiger partial charge in [0.05, 0.1) is 5.69 Å². The van der Waals surface area contributed by atoms with Gasteiger partial charge in [0.2, 0.25) is 5.91 Å². The predicted molar refractivity (Wildman–Crippen MR) is 78.8 cm³/mol. The highest BCUT2D eigenvalue weighted by molar-refractivity contribution is 5.98. The molecule has 6 nitrogen and oxygen atoms in total. The Labute approximate surface area is 118 Å². The van der Waals surface area contributed by atoms with Crippen LogP contribution in [0.4, 0.5) is 11.5 Å². The minimum absolute atomic E-state index is 0.0306. The highest BCUT2D eigenvalue weighted by Gasteiger charge is 2.30. The van der Waals surface area contributed by atoms with Crippen molar-refractivity contribution in [2.45, 2.75) is 26.7 Å². The summed E-state index contributed by atoms with van der Waals surface area (Å²) in [6, 6.07) is 1.62. The van der Waals surface area contributed by atoms with Crippen LogP contribution < -0.4 is 10.6 Å². The third-order valence-corrected chi connectivity index (χ3v) is 2.60. The Hall–Kier alpha value is -2.24. The first-order valence-electron chi connectivity index (χ1n) is 6.47. The fraction of sp³-hybridized carbons (Fsp3) is 0.429. The van der Waals surface area contributed by atoms with Crippen molar-refractivity contribution in [3.05, 3.63) is 24.4 Å².